The van der Waals surface area contributed by atoms with Crippen molar-refractivity contribution in [2.75, 3.05) is 33.2 Å². The molecule has 2 heterocycles. The average molecular weight is 539 g/mol. The Kier molecular flexibility index (Phi) is 10.9. The molecule has 1 unspecified atom stereocenters. The molecule has 1 aliphatic heterocycles. The van der Waals surface area contributed by atoms with E-state index < -0.39 is 0 Å². The second-order valence-electron chi connectivity index (χ2n) is 7.75. The monoisotopic (exact) mass is 539 g/mol. The molecule has 1 atom stereocenters. The molecule has 3 N–H and O–H groups in total. The molecule has 3 rings (SSSR count). The molecule has 0 bridgehead atoms. The van der Waals surface area contributed by atoms with Crippen molar-refractivity contribution < 1.29 is 9.21 Å². The normalized spacial score (nSPS) is 17.0. The quantitative estimate of drug-likeness (QED) is 0.208. The number of nitrogens with zero attached hydrogens (tertiary/aromatic N) is 2. The van der Waals surface area contributed by atoms with Crippen LogP contribution in [0, 0.1) is 6.92 Å². The first-order chi connectivity index (χ1) is 14.7. The SMILES string of the molecule is CN=C(NCCCNC(=O)c1occc1C)NC1CCCN(Cc2ccccc2)C1.I. The van der Waals surface area contributed by atoms with Crippen molar-refractivity contribution in [1.82, 2.24) is 20.9 Å². The number of guanidine groups is 1. The highest BCUT2D eigenvalue weighted by molar-refractivity contribution is 14.0. The Morgan fingerprint density at radius 3 is 2.68 bits per heavy atom. The van der Waals surface area contributed by atoms with E-state index in [1.807, 2.05) is 6.92 Å². The standard InChI is InChI=1S/C23H33N5O2.HI/c1-18-11-15-30-21(18)22(29)25-12-7-13-26-23(24-2)27-20-10-6-14-28(17-20)16-19-8-4-3-5-9-19;/h3-5,8-9,11,15,20H,6-7,10,12-14,16-17H2,1-2H3,(H,25,29)(H2,24,26,27);1H. The van der Waals surface area contributed by atoms with Gasteiger partial charge in [-0.15, -0.1) is 24.0 Å². The number of piperidine rings is 1. The van der Waals surface area contributed by atoms with Crippen LogP contribution in [0.1, 0.15) is 40.9 Å². The number of benzene rings is 1. The maximum atomic E-state index is 12.0. The third kappa shape index (κ3) is 8.17. The molecule has 7 nitrogen and oxygen atoms in total. The molecule has 1 aliphatic rings. The zero-order valence-electron chi connectivity index (χ0n) is 18.4. The Balaban J connectivity index is 0.00000341. The van der Waals surface area contributed by atoms with Crippen LogP contribution in [0.2, 0.25) is 0 Å². The van der Waals surface area contributed by atoms with Crippen molar-refractivity contribution in [3.8, 4) is 0 Å². The summed E-state index contributed by atoms with van der Waals surface area (Å²) in [6, 6.07) is 12.8. The second-order valence-corrected chi connectivity index (χ2v) is 7.75. The van der Waals surface area contributed by atoms with E-state index in [1.165, 1.54) is 18.2 Å². The van der Waals surface area contributed by atoms with Crippen molar-refractivity contribution in [1.29, 1.82) is 0 Å². The molecule has 0 saturated carbocycles. The van der Waals surface area contributed by atoms with Crippen LogP contribution >= 0.6 is 24.0 Å². The number of carbonyl (C=O) groups is 1. The highest BCUT2D eigenvalue weighted by atomic mass is 127. The lowest BCUT2D eigenvalue weighted by molar-refractivity contribution is 0.0925. The predicted molar refractivity (Wildman–Crippen MR) is 135 cm³/mol. The molecule has 2 aromatic rings. The summed E-state index contributed by atoms with van der Waals surface area (Å²) < 4.78 is 5.21. The number of likely N-dealkylation sites (tertiary alicyclic amines) is 1. The fourth-order valence-electron chi connectivity index (χ4n) is 3.73. The van der Waals surface area contributed by atoms with E-state index in [-0.39, 0.29) is 29.9 Å². The number of halogens is 1. The van der Waals surface area contributed by atoms with Crippen molar-refractivity contribution in [3.05, 3.63) is 59.5 Å². The first-order valence-corrected chi connectivity index (χ1v) is 10.7. The summed E-state index contributed by atoms with van der Waals surface area (Å²) in [5.41, 5.74) is 2.21. The molecule has 31 heavy (non-hydrogen) atoms. The van der Waals surface area contributed by atoms with Gasteiger partial charge in [0.1, 0.15) is 0 Å². The largest absolute Gasteiger partial charge is 0.459 e. The fraction of sp³-hybridized carbons (Fsp3) is 0.478. The van der Waals surface area contributed by atoms with Crippen molar-refractivity contribution in [3.63, 3.8) is 0 Å². The van der Waals surface area contributed by atoms with Crippen molar-refractivity contribution >= 4 is 35.8 Å². The summed E-state index contributed by atoms with van der Waals surface area (Å²) in [6.07, 6.45) is 4.66. The van der Waals surface area contributed by atoms with Gasteiger partial charge in [-0.3, -0.25) is 14.7 Å². The fourth-order valence-corrected chi connectivity index (χ4v) is 3.73. The molecule has 1 amide bonds. The van der Waals surface area contributed by atoms with Gasteiger partial charge in [0.15, 0.2) is 11.7 Å². The van der Waals surface area contributed by atoms with Crippen LogP contribution in [-0.4, -0.2) is 56.0 Å². The maximum absolute atomic E-state index is 12.0. The molecule has 8 heteroatoms. The number of hydrogen-bond donors (Lipinski definition) is 3. The average Bonchev–Trinajstić information content (AvgIpc) is 3.19. The topological polar surface area (TPSA) is 81.9 Å². The lowest BCUT2D eigenvalue weighted by Gasteiger charge is -2.34. The maximum Gasteiger partial charge on any atom is 0.287 e. The Labute approximate surface area is 202 Å². The number of carbonyl (C=O) groups excluding carboxylic acids is 1. The van der Waals surface area contributed by atoms with Crippen LogP contribution in [0.4, 0.5) is 0 Å². The van der Waals surface area contributed by atoms with E-state index in [4.69, 9.17) is 4.42 Å². The van der Waals surface area contributed by atoms with Crippen LogP contribution in [0.15, 0.2) is 52.1 Å². The van der Waals surface area contributed by atoms with Crippen LogP contribution in [0.25, 0.3) is 0 Å². The summed E-state index contributed by atoms with van der Waals surface area (Å²) in [6.45, 7) is 6.30. The summed E-state index contributed by atoms with van der Waals surface area (Å²) >= 11 is 0. The molecular formula is C23H34IN5O2. The highest BCUT2D eigenvalue weighted by Crippen LogP contribution is 2.13. The van der Waals surface area contributed by atoms with Crippen LogP contribution < -0.4 is 16.0 Å². The minimum Gasteiger partial charge on any atom is -0.459 e. The van der Waals surface area contributed by atoms with Crippen LogP contribution in [-0.2, 0) is 6.54 Å². The van der Waals surface area contributed by atoms with Gasteiger partial charge in [0, 0.05) is 44.8 Å². The Morgan fingerprint density at radius 2 is 1.97 bits per heavy atom. The molecule has 0 radical (unpaired) electrons. The molecule has 0 spiro atoms. The summed E-state index contributed by atoms with van der Waals surface area (Å²) in [7, 11) is 1.79. The third-order valence-electron chi connectivity index (χ3n) is 5.32. The molecule has 1 saturated heterocycles. The summed E-state index contributed by atoms with van der Waals surface area (Å²) in [5.74, 6) is 1.04. The highest BCUT2D eigenvalue weighted by Gasteiger charge is 2.20. The van der Waals surface area contributed by atoms with Crippen LogP contribution in [0.3, 0.4) is 0 Å². The van der Waals surface area contributed by atoms with E-state index in [1.54, 1.807) is 13.1 Å². The lowest BCUT2D eigenvalue weighted by Crippen LogP contribution is -2.51. The van der Waals surface area contributed by atoms with Gasteiger partial charge in [-0.1, -0.05) is 30.3 Å². The lowest BCUT2D eigenvalue weighted by atomic mass is 10.0. The number of nitrogens with one attached hydrogen (secondary N) is 3. The van der Waals surface area contributed by atoms with Gasteiger partial charge in [-0.2, -0.15) is 0 Å². The van der Waals surface area contributed by atoms with Gasteiger partial charge >= 0.3 is 0 Å². The zero-order valence-corrected chi connectivity index (χ0v) is 20.7. The van der Waals surface area contributed by atoms with Gasteiger partial charge in [-0.05, 0) is 44.4 Å². The summed E-state index contributed by atoms with van der Waals surface area (Å²) in [5, 5.41) is 9.78. The van der Waals surface area contributed by atoms with Crippen LogP contribution in [0.5, 0.6) is 0 Å². The predicted octanol–water partition coefficient (Wildman–Crippen LogP) is 3.16. The van der Waals surface area contributed by atoms with Gasteiger partial charge in [-0.25, -0.2) is 0 Å². The van der Waals surface area contributed by atoms with Gasteiger partial charge in [0.25, 0.3) is 5.91 Å². The number of amides is 1. The van der Waals surface area contributed by atoms with E-state index in [0.717, 1.165) is 50.5 Å². The number of hydrogen-bond acceptors (Lipinski definition) is 4. The minimum absolute atomic E-state index is 0. The Bertz CT molecular complexity index is 824. The van der Waals surface area contributed by atoms with Crippen molar-refractivity contribution in [2.24, 2.45) is 4.99 Å². The molecule has 1 aromatic heterocycles. The second kappa shape index (κ2) is 13.4. The van der Waals surface area contributed by atoms with E-state index in [0.29, 0.717) is 18.3 Å². The van der Waals surface area contributed by atoms with E-state index in [2.05, 4.69) is 56.2 Å². The first-order valence-electron chi connectivity index (χ1n) is 10.7. The molecule has 170 valence electrons. The zero-order chi connectivity index (χ0) is 21.2. The summed E-state index contributed by atoms with van der Waals surface area (Å²) in [4.78, 5) is 18.9. The number of furan rings is 1. The third-order valence-corrected chi connectivity index (χ3v) is 5.32. The number of aliphatic imine (C=N–C) groups is 1. The van der Waals surface area contributed by atoms with E-state index in [9.17, 15) is 4.79 Å². The number of rotatable bonds is 8. The molecular weight excluding hydrogens is 505 g/mol. The molecule has 0 aliphatic carbocycles. The van der Waals surface area contributed by atoms with Gasteiger partial charge < -0.3 is 20.4 Å². The van der Waals surface area contributed by atoms with Crippen molar-refractivity contribution in [2.45, 2.75) is 38.8 Å². The smallest absolute Gasteiger partial charge is 0.287 e. The Hall–Kier alpha value is -2.07. The van der Waals surface area contributed by atoms with E-state index >= 15 is 0 Å². The van der Waals surface area contributed by atoms with Gasteiger partial charge in [0.2, 0.25) is 0 Å². The Morgan fingerprint density at radius 1 is 1.19 bits per heavy atom. The molecule has 1 aromatic carbocycles. The van der Waals surface area contributed by atoms with Gasteiger partial charge in [0.05, 0.1) is 6.26 Å². The first kappa shape index (κ1) is 25.2. The molecule has 1 fully saturated rings. The number of aryl methyl sites for hydroxylation is 1. The minimum atomic E-state index is -0.166.